The van der Waals surface area contributed by atoms with Gasteiger partial charge in [-0.1, -0.05) is 43.7 Å². The molecule has 2 aromatic carbocycles. The second kappa shape index (κ2) is 11.6. The maximum absolute atomic E-state index is 13.4. The highest BCUT2D eigenvalue weighted by Gasteiger charge is 2.34. The first-order valence-corrected chi connectivity index (χ1v) is 11.7. The number of carbonyl (C=O) groups excluding carboxylic acids is 1. The van der Waals surface area contributed by atoms with Crippen molar-refractivity contribution in [2.24, 2.45) is 0 Å². The van der Waals surface area contributed by atoms with Crippen LogP contribution >= 0.6 is 0 Å². The average molecular weight is 479 g/mol. The van der Waals surface area contributed by atoms with E-state index in [1.54, 1.807) is 10.4 Å². The van der Waals surface area contributed by atoms with Gasteiger partial charge in [0, 0.05) is 37.4 Å². The van der Waals surface area contributed by atoms with Gasteiger partial charge < -0.3 is 15.1 Å². The summed E-state index contributed by atoms with van der Waals surface area (Å²) in [5.41, 5.74) is 1.01. The van der Waals surface area contributed by atoms with Gasteiger partial charge in [-0.15, -0.1) is 0 Å². The van der Waals surface area contributed by atoms with Gasteiger partial charge in [0.15, 0.2) is 0 Å². The van der Waals surface area contributed by atoms with E-state index >= 15 is 0 Å². The number of likely N-dealkylation sites (tertiary alicyclic amines) is 1. The number of benzene rings is 2. The number of anilines is 2. The number of carbonyl (C=O) groups is 1. The summed E-state index contributed by atoms with van der Waals surface area (Å²) in [5, 5.41) is 11.7. The van der Waals surface area contributed by atoms with Crippen LogP contribution in [-0.4, -0.2) is 46.2 Å². The fraction of sp³-hybridized carbons (Fsp3) is 0.480. The Labute approximate surface area is 198 Å². The molecule has 186 valence electrons. The van der Waals surface area contributed by atoms with Gasteiger partial charge in [-0.05, 0) is 49.9 Å². The molecule has 34 heavy (non-hydrogen) atoms. The second-order valence-electron chi connectivity index (χ2n) is 8.82. The summed E-state index contributed by atoms with van der Waals surface area (Å²) in [5.74, 6) is 0. The van der Waals surface area contributed by atoms with Crippen LogP contribution in [0.1, 0.15) is 50.7 Å². The Morgan fingerprint density at radius 3 is 2.44 bits per heavy atom. The molecule has 1 aliphatic heterocycles. The second-order valence-corrected chi connectivity index (χ2v) is 8.82. The van der Waals surface area contributed by atoms with Crippen LogP contribution in [0.15, 0.2) is 48.5 Å². The molecule has 0 aliphatic carbocycles. The van der Waals surface area contributed by atoms with E-state index in [1.165, 1.54) is 6.07 Å². The lowest BCUT2D eigenvalue weighted by atomic mass is 10.00. The van der Waals surface area contributed by atoms with E-state index in [2.05, 4.69) is 24.1 Å². The molecule has 1 heterocycles. The van der Waals surface area contributed by atoms with Gasteiger partial charge in [-0.25, -0.2) is 4.79 Å². The molecule has 3 rings (SSSR count). The third-order valence-corrected chi connectivity index (χ3v) is 6.42. The number of hydrogen-bond donors (Lipinski definition) is 3. The third-order valence-electron chi connectivity index (χ3n) is 6.42. The highest BCUT2D eigenvalue weighted by molar-refractivity contribution is 5.90. The fourth-order valence-corrected chi connectivity index (χ4v) is 4.53. The smallest absolute Gasteiger partial charge is 0.317 e. The lowest BCUT2D eigenvalue weighted by Crippen LogP contribution is -2.50. The van der Waals surface area contributed by atoms with Gasteiger partial charge in [0.25, 0.3) is 0 Å². The number of nitrogens with zero attached hydrogens (tertiary/aromatic N) is 2. The predicted octanol–water partition coefficient (Wildman–Crippen LogP) is 6.19. The molecule has 0 spiro atoms. The van der Waals surface area contributed by atoms with E-state index in [0.29, 0.717) is 12.6 Å². The summed E-state index contributed by atoms with van der Waals surface area (Å²) < 4.78 is 40.1. The molecule has 1 saturated heterocycles. The predicted molar refractivity (Wildman–Crippen MR) is 127 cm³/mol. The monoisotopic (exact) mass is 478 g/mol. The molecule has 9 heteroatoms. The van der Waals surface area contributed by atoms with Gasteiger partial charge >= 0.3 is 12.2 Å². The van der Waals surface area contributed by atoms with Crippen LogP contribution in [0.2, 0.25) is 0 Å². The maximum atomic E-state index is 13.4. The number of halogens is 3. The van der Waals surface area contributed by atoms with E-state index in [-0.39, 0.29) is 11.7 Å². The first kappa shape index (κ1) is 25.8. The van der Waals surface area contributed by atoms with Crippen molar-refractivity contribution in [3.63, 3.8) is 0 Å². The molecule has 6 nitrogen and oxygen atoms in total. The zero-order chi connectivity index (χ0) is 24.7. The van der Waals surface area contributed by atoms with Crippen molar-refractivity contribution in [2.75, 3.05) is 23.9 Å². The molecule has 1 unspecified atom stereocenters. The minimum Gasteiger partial charge on any atom is -0.317 e. The zero-order valence-electron chi connectivity index (χ0n) is 19.6. The van der Waals surface area contributed by atoms with Crippen LogP contribution < -0.4 is 10.8 Å². The van der Waals surface area contributed by atoms with Crippen LogP contribution in [0.25, 0.3) is 0 Å². The lowest BCUT2D eigenvalue weighted by molar-refractivity contribution is -0.137. The Morgan fingerprint density at radius 1 is 1.18 bits per heavy atom. The van der Waals surface area contributed by atoms with Crippen molar-refractivity contribution in [2.45, 2.75) is 64.3 Å². The van der Waals surface area contributed by atoms with E-state index < -0.39 is 23.5 Å². The molecule has 2 amide bonds. The van der Waals surface area contributed by atoms with Crippen molar-refractivity contribution < 1.29 is 23.2 Å². The molecule has 0 aromatic heterocycles. The number of hydrogen-bond acceptors (Lipinski definition) is 4. The van der Waals surface area contributed by atoms with Crippen molar-refractivity contribution in [1.82, 2.24) is 9.80 Å². The quantitative estimate of drug-likeness (QED) is 0.396. The van der Waals surface area contributed by atoms with Crippen LogP contribution in [0, 0.1) is 0 Å². The number of nitrogens with one attached hydrogen (secondary N) is 2. The highest BCUT2D eigenvalue weighted by Crippen LogP contribution is 2.36. The number of alkyl halides is 3. The van der Waals surface area contributed by atoms with Gasteiger partial charge in [-0.3, -0.25) is 10.7 Å². The maximum Gasteiger partial charge on any atom is 0.418 e. The summed E-state index contributed by atoms with van der Waals surface area (Å²) in [6.45, 7) is 6.51. The van der Waals surface area contributed by atoms with Gasteiger partial charge in [-0.2, -0.15) is 13.2 Å². The van der Waals surface area contributed by atoms with Crippen molar-refractivity contribution >= 4 is 17.4 Å². The van der Waals surface area contributed by atoms with E-state index in [0.717, 1.165) is 56.5 Å². The Morgan fingerprint density at radius 2 is 1.85 bits per heavy atom. The number of urea groups is 1. The molecular formula is C25H33F3N4O2. The fourth-order valence-electron chi connectivity index (χ4n) is 4.53. The molecule has 0 bridgehead atoms. The largest absolute Gasteiger partial charge is 0.418 e. The summed E-state index contributed by atoms with van der Waals surface area (Å²) in [6, 6.07) is 12.8. The summed E-state index contributed by atoms with van der Waals surface area (Å²) in [7, 11) is 0. The van der Waals surface area contributed by atoms with Crippen LogP contribution in [0.4, 0.5) is 29.3 Å². The Bertz CT molecular complexity index is 932. The van der Waals surface area contributed by atoms with Crippen molar-refractivity contribution in [3.05, 3.63) is 59.7 Å². The standard InChI is InChI=1S/C25H33F3N4O2/c1-3-7-18(2)31-14-12-21(13-15-31)32(17-19-8-5-4-6-9-19)24(33)29-20-10-11-23(30-34)22(16-20)25(26,27)28/h4-6,8-11,16,18,21,30,34H,3,7,12-15,17H2,1-2H3,(H,29,33). The minimum atomic E-state index is -4.68. The Hall–Kier alpha value is -2.78. The molecule has 1 fully saturated rings. The number of piperidine rings is 1. The summed E-state index contributed by atoms with van der Waals surface area (Å²) >= 11 is 0. The Balaban J connectivity index is 1.78. The molecule has 0 saturated carbocycles. The SMILES string of the molecule is CCCC(C)N1CCC(N(Cc2ccccc2)C(=O)Nc2ccc(NO)c(C(F)(F)F)c2)CC1. The molecule has 2 aromatic rings. The molecule has 1 aliphatic rings. The van der Waals surface area contributed by atoms with E-state index in [4.69, 9.17) is 5.21 Å². The summed E-state index contributed by atoms with van der Waals surface area (Å²) in [6.07, 6.45) is -0.838. The van der Waals surface area contributed by atoms with E-state index in [1.807, 2.05) is 30.3 Å². The molecule has 1 atom stereocenters. The Kier molecular flexibility index (Phi) is 8.79. The minimum absolute atomic E-state index is 0.0170. The normalized spacial score (nSPS) is 16.2. The van der Waals surface area contributed by atoms with Gasteiger partial charge in [0.1, 0.15) is 0 Å². The molecule has 0 radical (unpaired) electrons. The summed E-state index contributed by atoms with van der Waals surface area (Å²) in [4.78, 5) is 17.5. The number of amides is 2. The molecule has 3 N–H and O–H groups in total. The van der Waals surface area contributed by atoms with E-state index in [9.17, 15) is 18.0 Å². The molecular weight excluding hydrogens is 445 g/mol. The van der Waals surface area contributed by atoms with Gasteiger partial charge in [0.2, 0.25) is 0 Å². The first-order chi connectivity index (χ1) is 16.2. The van der Waals surface area contributed by atoms with Crippen LogP contribution in [0.5, 0.6) is 0 Å². The average Bonchev–Trinajstić information content (AvgIpc) is 2.83. The number of rotatable bonds is 8. The van der Waals surface area contributed by atoms with Gasteiger partial charge in [0.05, 0.1) is 11.3 Å². The van der Waals surface area contributed by atoms with Crippen LogP contribution in [-0.2, 0) is 12.7 Å². The first-order valence-electron chi connectivity index (χ1n) is 11.7. The van der Waals surface area contributed by atoms with Crippen molar-refractivity contribution in [3.8, 4) is 0 Å². The highest BCUT2D eigenvalue weighted by atomic mass is 19.4. The lowest BCUT2D eigenvalue weighted by Gasteiger charge is -2.40. The zero-order valence-corrected chi connectivity index (χ0v) is 19.6. The van der Waals surface area contributed by atoms with Crippen molar-refractivity contribution in [1.29, 1.82) is 0 Å². The van der Waals surface area contributed by atoms with Crippen LogP contribution in [0.3, 0.4) is 0 Å². The topological polar surface area (TPSA) is 67.8 Å². The third kappa shape index (κ3) is 6.64.